The van der Waals surface area contributed by atoms with E-state index < -0.39 is 0 Å². The zero-order valence-electron chi connectivity index (χ0n) is 15.0. The molecule has 0 aliphatic carbocycles. The normalized spacial score (nSPS) is 14.0. The Bertz CT molecular complexity index is 459. The van der Waals surface area contributed by atoms with Gasteiger partial charge in [0.2, 0.25) is 0 Å². The molecular formula is C17H32N4S. The molecule has 0 aliphatic rings. The first-order chi connectivity index (χ1) is 10.3. The van der Waals surface area contributed by atoms with E-state index in [1.807, 2.05) is 6.92 Å². The Morgan fingerprint density at radius 1 is 1.41 bits per heavy atom. The van der Waals surface area contributed by atoms with Gasteiger partial charge in [-0.05, 0) is 39.0 Å². The number of thiazole rings is 1. The van der Waals surface area contributed by atoms with E-state index in [-0.39, 0.29) is 0 Å². The monoisotopic (exact) mass is 324 g/mol. The maximum Gasteiger partial charge on any atom is 0.191 e. The van der Waals surface area contributed by atoms with Crippen molar-refractivity contribution in [3.05, 3.63) is 16.1 Å². The molecule has 1 unspecified atom stereocenters. The summed E-state index contributed by atoms with van der Waals surface area (Å²) in [6.45, 7) is 14.9. The van der Waals surface area contributed by atoms with Gasteiger partial charge in [-0.25, -0.2) is 4.98 Å². The van der Waals surface area contributed by atoms with Gasteiger partial charge in [-0.1, -0.05) is 20.8 Å². The predicted molar refractivity (Wildman–Crippen MR) is 97.8 cm³/mol. The number of hydrogen-bond donors (Lipinski definition) is 2. The number of aliphatic imine (C=N–C) groups is 1. The van der Waals surface area contributed by atoms with E-state index in [4.69, 9.17) is 0 Å². The minimum Gasteiger partial charge on any atom is -0.357 e. The highest BCUT2D eigenvalue weighted by Crippen LogP contribution is 2.21. The molecule has 0 saturated heterocycles. The first-order valence-corrected chi connectivity index (χ1v) is 9.14. The molecule has 1 aromatic heterocycles. The maximum atomic E-state index is 4.66. The van der Waals surface area contributed by atoms with E-state index in [1.54, 1.807) is 11.3 Å². The number of guanidine groups is 1. The molecular weight excluding hydrogens is 292 g/mol. The van der Waals surface area contributed by atoms with Crippen LogP contribution in [0.1, 0.15) is 58.2 Å². The summed E-state index contributed by atoms with van der Waals surface area (Å²) in [7, 11) is 0. The zero-order valence-corrected chi connectivity index (χ0v) is 15.8. The summed E-state index contributed by atoms with van der Waals surface area (Å²) in [5.74, 6) is 0.913. The average Bonchev–Trinajstić information content (AvgIpc) is 2.81. The fraction of sp³-hybridized carbons (Fsp3) is 0.765. The first-order valence-electron chi connectivity index (χ1n) is 8.26. The molecule has 126 valence electrons. The number of rotatable bonds is 7. The summed E-state index contributed by atoms with van der Waals surface area (Å²) >= 11 is 1.70. The molecule has 0 fully saturated rings. The van der Waals surface area contributed by atoms with Crippen LogP contribution >= 0.6 is 11.3 Å². The van der Waals surface area contributed by atoms with Crippen molar-refractivity contribution >= 4 is 17.3 Å². The predicted octanol–water partition coefficient (Wildman–Crippen LogP) is 3.76. The van der Waals surface area contributed by atoms with Gasteiger partial charge in [0.15, 0.2) is 5.96 Å². The van der Waals surface area contributed by atoms with Crippen LogP contribution < -0.4 is 10.6 Å². The van der Waals surface area contributed by atoms with E-state index in [2.05, 4.69) is 60.6 Å². The molecule has 0 amide bonds. The van der Waals surface area contributed by atoms with Gasteiger partial charge in [0.05, 0.1) is 10.7 Å². The van der Waals surface area contributed by atoms with Crippen LogP contribution in [0.2, 0.25) is 0 Å². The second-order valence-corrected chi connectivity index (χ2v) is 8.08. The molecule has 2 N–H and O–H groups in total. The Balaban J connectivity index is 2.44. The van der Waals surface area contributed by atoms with Crippen molar-refractivity contribution in [1.29, 1.82) is 0 Å². The van der Waals surface area contributed by atoms with Crippen LogP contribution in [0, 0.1) is 12.3 Å². The van der Waals surface area contributed by atoms with Gasteiger partial charge in [0.25, 0.3) is 0 Å². The fourth-order valence-electron chi connectivity index (χ4n) is 2.08. The summed E-state index contributed by atoms with van der Waals surface area (Å²) in [5, 5.41) is 10.1. The topological polar surface area (TPSA) is 49.3 Å². The quantitative estimate of drug-likeness (QED) is 0.593. The van der Waals surface area contributed by atoms with Gasteiger partial charge in [-0.3, -0.25) is 4.99 Å². The third-order valence-corrected chi connectivity index (χ3v) is 4.18. The van der Waals surface area contributed by atoms with Crippen LogP contribution in [0.15, 0.2) is 10.4 Å². The molecule has 5 heteroatoms. The van der Waals surface area contributed by atoms with Crippen LogP contribution in [-0.4, -0.2) is 30.1 Å². The lowest BCUT2D eigenvalue weighted by molar-refractivity contribution is 0.346. The first kappa shape index (κ1) is 18.9. The number of hydrogen-bond acceptors (Lipinski definition) is 3. The standard InChI is InChI=1S/C17H32N4S/c1-7-18-16(20-13(2)8-10-17(4,5)6)19-11-9-15-12-22-14(3)21-15/h12-13H,7-11H2,1-6H3,(H2,18,19,20). The fourth-order valence-corrected chi connectivity index (χ4v) is 2.73. The summed E-state index contributed by atoms with van der Waals surface area (Å²) < 4.78 is 0. The summed E-state index contributed by atoms with van der Waals surface area (Å²) in [6.07, 6.45) is 3.26. The van der Waals surface area contributed by atoms with Gasteiger partial charge in [-0.15, -0.1) is 11.3 Å². The van der Waals surface area contributed by atoms with Crippen LogP contribution in [0.4, 0.5) is 0 Å². The SMILES string of the molecule is CCNC(=NCCc1csc(C)n1)NC(C)CCC(C)(C)C. The van der Waals surface area contributed by atoms with Gasteiger partial charge in [0, 0.05) is 30.9 Å². The zero-order chi connectivity index (χ0) is 16.6. The lowest BCUT2D eigenvalue weighted by atomic mass is 9.89. The second-order valence-electron chi connectivity index (χ2n) is 7.01. The van der Waals surface area contributed by atoms with Crippen molar-refractivity contribution in [1.82, 2.24) is 15.6 Å². The molecule has 0 spiro atoms. The van der Waals surface area contributed by atoms with Crippen LogP contribution in [0.25, 0.3) is 0 Å². The minimum atomic E-state index is 0.383. The van der Waals surface area contributed by atoms with Crippen molar-refractivity contribution in [2.24, 2.45) is 10.4 Å². The molecule has 0 bridgehead atoms. The summed E-state index contributed by atoms with van der Waals surface area (Å²) in [5.41, 5.74) is 1.52. The highest BCUT2D eigenvalue weighted by atomic mass is 32.1. The Labute approximate surface area is 139 Å². The van der Waals surface area contributed by atoms with Crippen LogP contribution in [0.3, 0.4) is 0 Å². The largest absolute Gasteiger partial charge is 0.357 e. The van der Waals surface area contributed by atoms with Crippen molar-refractivity contribution < 1.29 is 0 Å². The van der Waals surface area contributed by atoms with Gasteiger partial charge in [0.1, 0.15) is 0 Å². The molecule has 1 aromatic rings. The third-order valence-electron chi connectivity index (χ3n) is 3.36. The highest BCUT2D eigenvalue weighted by Gasteiger charge is 2.13. The van der Waals surface area contributed by atoms with Crippen LogP contribution in [0.5, 0.6) is 0 Å². The van der Waals surface area contributed by atoms with Crippen molar-refractivity contribution in [2.45, 2.75) is 66.8 Å². The molecule has 0 radical (unpaired) electrons. The van der Waals surface area contributed by atoms with Gasteiger partial charge < -0.3 is 10.6 Å². The van der Waals surface area contributed by atoms with Gasteiger partial charge in [-0.2, -0.15) is 0 Å². The molecule has 4 nitrogen and oxygen atoms in total. The van der Waals surface area contributed by atoms with Crippen molar-refractivity contribution in [2.75, 3.05) is 13.1 Å². The Hall–Kier alpha value is -1.10. The van der Waals surface area contributed by atoms with E-state index in [0.29, 0.717) is 11.5 Å². The second kappa shape index (κ2) is 9.13. The maximum absolute atomic E-state index is 4.66. The van der Waals surface area contributed by atoms with Crippen LogP contribution in [-0.2, 0) is 6.42 Å². The molecule has 22 heavy (non-hydrogen) atoms. The lowest BCUT2D eigenvalue weighted by Gasteiger charge is -2.23. The van der Waals surface area contributed by atoms with E-state index >= 15 is 0 Å². The molecule has 1 heterocycles. The van der Waals surface area contributed by atoms with Crippen molar-refractivity contribution in [3.63, 3.8) is 0 Å². The summed E-state index contributed by atoms with van der Waals surface area (Å²) in [6, 6.07) is 0.429. The third kappa shape index (κ3) is 8.37. The molecule has 0 aliphatic heterocycles. The summed E-state index contributed by atoms with van der Waals surface area (Å²) in [4.78, 5) is 9.14. The average molecular weight is 325 g/mol. The Morgan fingerprint density at radius 2 is 2.14 bits per heavy atom. The van der Waals surface area contributed by atoms with Crippen molar-refractivity contribution in [3.8, 4) is 0 Å². The number of aromatic nitrogens is 1. The molecule has 1 atom stereocenters. The Kier molecular flexibility index (Phi) is 7.87. The number of nitrogens with one attached hydrogen (secondary N) is 2. The van der Waals surface area contributed by atoms with E-state index in [0.717, 1.165) is 42.6 Å². The minimum absolute atomic E-state index is 0.383. The lowest BCUT2D eigenvalue weighted by Crippen LogP contribution is -2.42. The smallest absolute Gasteiger partial charge is 0.191 e. The Morgan fingerprint density at radius 3 is 2.68 bits per heavy atom. The molecule has 0 aromatic carbocycles. The molecule has 0 saturated carbocycles. The molecule has 1 rings (SSSR count). The van der Waals surface area contributed by atoms with Gasteiger partial charge >= 0.3 is 0 Å². The number of aryl methyl sites for hydroxylation is 1. The number of nitrogens with zero attached hydrogens (tertiary/aromatic N) is 2. The highest BCUT2D eigenvalue weighted by molar-refractivity contribution is 7.09. The van der Waals surface area contributed by atoms with E-state index in [9.17, 15) is 0 Å². The van der Waals surface area contributed by atoms with E-state index in [1.165, 1.54) is 6.42 Å².